The van der Waals surface area contributed by atoms with E-state index >= 15 is 19.2 Å². The van der Waals surface area contributed by atoms with Crippen molar-refractivity contribution >= 4 is 92.0 Å². The van der Waals surface area contributed by atoms with E-state index in [0.717, 1.165) is 60.7 Å². The first kappa shape index (κ1) is 82.0. The molecule has 0 unspecified atom stereocenters. The van der Waals surface area contributed by atoms with Crippen molar-refractivity contribution in [2.24, 2.45) is 29.0 Å². The smallest absolute Gasteiger partial charge is 0.248 e. The quantitative estimate of drug-likeness (QED) is 0.0399. The number of rotatable bonds is 19. The number of ether oxygens (including phenoxy) is 6. The van der Waals surface area contributed by atoms with Gasteiger partial charge in [0.1, 0.15) is 95.5 Å². The summed E-state index contributed by atoms with van der Waals surface area (Å²) in [5, 5.41) is 125. The molecular weight excluding hydrogens is 1500 g/mol. The number of phenolic OH excluding ortho intramolecular Hbond substituents is 3. The van der Waals surface area contributed by atoms with E-state index in [9.17, 15) is 65.1 Å². The van der Waals surface area contributed by atoms with Gasteiger partial charge in [0.25, 0.3) is 0 Å². The zero-order chi connectivity index (χ0) is 78.5. The monoisotopic (exact) mass is 1580 g/mol. The summed E-state index contributed by atoms with van der Waals surface area (Å²) < 4.78 is 38.3. The Balaban J connectivity index is 1.22. The molecule has 0 radical (unpaired) electrons. The molecular formula is C70H85Cl2N11O23S2. The van der Waals surface area contributed by atoms with Crippen LogP contribution < -0.4 is 73.9 Å². The fourth-order valence-electron chi connectivity index (χ4n) is 12.8. The van der Waals surface area contributed by atoms with Crippen LogP contribution in [0.5, 0.6) is 46.0 Å². The van der Waals surface area contributed by atoms with Gasteiger partial charge in [-0.2, -0.15) is 0 Å². The fourth-order valence-corrected chi connectivity index (χ4v) is 15.0. The summed E-state index contributed by atoms with van der Waals surface area (Å²) in [6.45, 7) is 6.23. The number of aliphatic hydroxyl groups excluding tert-OH is 6. The Labute approximate surface area is 635 Å². The van der Waals surface area contributed by atoms with Crippen molar-refractivity contribution in [3.63, 3.8) is 0 Å². The number of aromatic hydroxyl groups is 3. The normalized spacial score (nSPS) is 28.3. The van der Waals surface area contributed by atoms with E-state index in [2.05, 4.69) is 42.5 Å². The number of hydrogen-bond acceptors (Lipinski definition) is 28. The van der Waals surface area contributed by atoms with E-state index in [-0.39, 0.29) is 69.6 Å². The number of hydrogen-bond donors (Lipinski definition) is 20. The summed E-state index contributed by atoms with van der Waals surface area (Å²) in [4.78, 5) is 120. The lowest BCUT2D eigenvalue weighted by Crippen LogP contribution is -2.63. The number of amides is 8. The van der Waals surface area contributed by atoms with Crippen LogP contribution in [0.4, 0.5) is 0 Å². The van der Waals surface area contributed by atoms with Gasteiger partial charge < -0.3 is 134 Å². The number of halogens is 2. The predicted octanol–water partition coefficient (Wildman–Crippen LogP) is 0.683. The highest BCUT2D eigenvalue weighted by Crippen LogP contribution is 2.50. The van der Waals surface area contributed by atoms with Crippen LogP contribution >= 0.6 is 44.8 Å². The summed E-state index contributed by atoms with van der Waals surface area (Å²) >= 11 is 14.2. The molecule has 108 heavy (non-hydrogen) atoms. The Hall–Kier alpha value is -8.54. The lowest BCUT2D eigenvalue weighted by atomic mass is 9.82. The van der Waals surface area contributed by atoms with Crippen LogP contribution in [0.15, 0.2) is 78.9 Å². The predicted molar refractivity (Wildman–Crippen MR) is 388 cm³/mol. The average molecular weight is 1580 g/mol. The van der Waals surface area contributed by atoms with Crippen LogP contribution in [-0.4, -0.2) is 204 Å². The zero-order valence-electron chi connectivity index (χ0n) is 58.6. The highest BCUT2D eigenvalue weighted by molar-refractivity contribution is 8.76. The molecule has 0 spiro atoms. The summed E-state index contributed by atoms with van der Waals surface area (Å²) in [5.74, 6) is -14.4. The maximum Gasteiger partial charge on any atom is 0.248 e. The Morgan fingerprint density at radius 1 is 0.722 bits per heavy atom. The molecule has 7 aliphatic heterocycles. The van der Waals surface area contributed by atoms with Gasteiger partial charge in [-0.1, -0.05) is 83.8 Å². The minimum absolute atomic E-state index is 0.0297. The molecule has 2 fully saturated rings. The average Bonchev–Trinajstić information content (AvgIpc) is 0.775. The standard InChI is InChI=1S/C70H85Cl2N11O23S2/c1-27(2)16-38(76-5)61(93)82-53-55(89)30-7-10-42(36(71)18-30)101-44-20-32-21-45(59(44)106-69-60(58(92)57(91)46(26-84)103-69)104-48-25-70(4,75)28(3)68(100)105-48)102-43-11-8-31(19-37(43)72)56(90)54-67(99)81-52(63(95)77-13-15-108-107-14-12-73)35-22-33(85)23-41(87)49(35)34-17-29(6-9-40(34)86)50(64(96)83-54)80-65(97)51(32)79-62(94)39(24-47(74)88)78-66(53)98/h6-11,17-23,27-28,38-39,46,48,50-58,60,68-69,76,84-87,89-92,100H,12-16,24-26,73,75H2,1-5H3,(H2,74,88)(H,77,95)(H,78,98)(H,79,94)(H,80,97)(H,81,99)(H,82,93)(H,83,96)/t28-,38-,39+,46+,48-,50-,51-,52-,53-,54+,55-,56-,57+,58-,60+,68-,69-,70+/m1/s1. The first-order valence-corrected chi connectivity index (χ1v) is 37.4. The molecule has 0 aromatic heterocycles. The molecule has 584 valence electrons. The third-order valence-corrected chi connectivity index (χ3v) is 21.9. The number of nitrogens with two attached hydrogens (primary N) is 3. The number of carbonyl (C=O) groups is 8. The Bertz CT molecular complexity index is 4230. The van der Waals surface area contributed by atoms with Crippen LogP contribution in [-0.2, 0) is 52.6 Å². The number of fused-ring (bicyclic) bond motifs is 15. The van der Waals surface area contributed by atoms with Crippen LogP contribution in [0.1, 0.15) is 105 Å². The first-order valence-electron chi connectivity index (χ1n) is 34.2. The molecule has 34 nitrogen and oxygen atoms in total. The van der Waals surface area contributed by atoms with Crippen molar-refractivity contribution in [1.29, 1.82) is 0 Å². The molecule has 7 heterocycles. The third kappa shape index (κ3) is 18.5. The largest absolute Gasteiger partial charge is 0.508 e. The van der Waals surface area contributed by atoms with Gasteiger partial charge in [0.2, 0.25) is 59.3 Å². The van der Waals surface area contributed by atoms with Crippen molar-refractivity contribution in [3.8, 4) is 57.1 Å². The molecule has 5 aromatic carbocycles. The van der Waals surface area contributed by atoms with Crippen LogP contribution in [0.25, 0.3) is 11.1 Å². The molecule has 12 rings (SSSR count). The van der Waals surface area contributed by atoms with E-state index in [4.69, 9.17) is 68.8 Å². The van der Waals surface area contributed by atoms with Crippen molar-refractivity contribution in [3.05, 3.63) is 117 Å². The highest BCUT2D eigenvalue weighted by Gasteiger charge is 2.51. The zero-order valence-corrected chi connectivity index (χ0v) is 61.7. The Morgan fingerprint density at radius 2 is 1.34 bits per heavy atom. The highest BCUT2D eigenvalue weighted by atomic mass is 35.5. The fraction of sp³-hybridized carbons (Fsp3) is 0.457. The van der Waals surface area contributed by atoms with E-state index in [1.165, 1.54) is 46.8 Å². The third-order valence-electron chi connectivity index (χ3n) is 18.8. The van der Waals surface area contributed by atoms with Crippen LogP contribution in [0, 0.1) is 11.8 Å². The second kappa shape index (κ2) is 35.0. The van der Waals surface area contributed by atoms with E-state index in [1.54, 1.807) is 13.8 Å². The molecule has 0 aliphatic carbocycles. The summed E-state index contributed by atoms with van der Waals surface area (Å²) in [6.07, 6.45) is -17.9. The minimum Gasteiger partial charge on any atom is -0.508 e. The molecule has 2 saturated heterocycles. The molecule has 23 N–H and O–H groups in total. The van der Waals surface area contributed by atoms with Gasteiger partial charge in [0, 0.05) is 59.7 Å². The van der Waals surface area contributed by atoms with E-state index in [1.807, 2.05) is 13.8 Å². The van der Waals surface area contributed by atoms with Crippen molar-refractivity contribution in [2.45, 2.75) is 150 Å². The van der Waals surface area contributed by atoms with Crippen LogP contribution in [0.3, 0.4) is 0 Å². The molecule has 0 saturated carbocycles. The van der Waals surface area contributed by atoms with E-state index < -0.39 is 220 Å². The molecule has 5 aromatic rings. The second-order valence-corrected chi connectivity index (χ2v) is 30.6. The van der Waals surface area contributed by atoms with Gasteiger partial charge in [-0.05, 0) is 109 Å². The maximum atomic E-state index is 16.2. The summed E-state index contributed by atoms with van der Waals surface area (Å²) in [5.41, 5.74) is 14.5. The maximum absolute atomic E-state index is 16.2. The van der Waals surface area contributed by atoms with Gasteiger partial charge in [-0.3, -0.25) is 38.4 Å². The van der Waals surface area contributed by atoms with Crippen LogP contribution in [0.2, 0.25) is 10.0 Å². The molecule has 38 heteroatoms. The van der Waals surface area contributed by atoms with Crippen molar-refractivity contribution < 1.29 is 113 Å². The van der Waals surface area contributed by atoms with E-state index in [0.29, 0.717) is 18.1 Å². The van der Waals surface area contributed by atoms with Gasteiger partial charge in [0.15, 0.2) is 30.2 Å². The second-order valence-electron chi connectivity index (χ2n) is 27.1. The minimum atomic E-state index is -2.34. The van der Waals surface area contributed by atoms with Gasteiger partial charge in [0.05, 0.1) is 29.1 Å². The number of primary amides is 1. The van der Waals surface area contributed by atoms with Gasteiger partial charge in [-0.15, -0.1) is 0 Å². The lowest BCUT2D eigenvalue weighted by Gasteiger charge is -2.47. The lowest BCUT2D eigenvalue weighted by molar-refractivity contribution is -0.348. The number of phenols is 3. The molecule has 7 aliphatic rings. The molecule has 11 bridgehead atoms. The molecule has 8 amide bonds. The number of likely N-dealkylation sites (N-methyl/N-ethyl adjacent to an activating group) is 1. The number of nitrogens with one attached hydrogen (secondary N) is 8. The topological polar surface area (TPSA) is 548 Å². The summed E-state index contributed by atoms with van der Waals surface area (Å²) in [7, 11) is 4.26. The molecule has 18 atom stereocenters. The number of benzene rings is 5. The summed E-state index contributed by atoms with van der Waals surface area (Å²) in [6, 6.07) is 0.369. The first-order chi connectivity index (χ1) is 51.2. The SMILES string of the molecule is CN[C@H](CC(C)C)C(=O)N[C@H]1C(=O)N[C@@H](CC(N)=O)C(=O)N[C@H]2C(=O)N[C@H]3C(=O)N[C@H](C(=O)N[C@@H](C(=O)NCCSSCCN)c4cc(O)cc(O)c4-c4cc3ccc4O)[C@H](O)c3ccc(c(Cl)c3)Oc3cc2cc(c3O[C@H]2O[C@@H](CO)[C@H](O)[C@@H](O)[C@@H]2O[C@H]2C[C@](C)(N)[C@H](C)[C@H](O)O2)Oc2ccc(cc2Cl)[C@H]1O. The number of carbonyl (C=O) groups excluding carboxylic acids is 8. The Morgan fingerprint density at radius 3 is 1.95 bits per heavy atom. The van der Waals surface area contributed by atoms with Gasteiger partial charge in [-0.25, -0.2) is 0 Å². The number of aliphatic hydroxyl groups is 6. The van der Waals surface area contributed by atoms with Gasteiger partial charge >= 0.3 is 0 Å². The van der Waals surface area contributed by atoms with Crippen molar-refractivity contribution in [2.75, 3.05) is 38.2 Å². The Kier molecular flexibility index (Phi) is 26.6. The van der Waals surface area contributed by atoms with Crippen molar-refractivity contribution in [1.82, 2.24) is 42.5 Å².